The maximum absolute atomic E-state index is 12.0. The molecule has 0 saturated heterocycles. The van der Waals surface area contributed by atoms with Crippen LogP contribution in [0, 0.1) is 0 Å². The normalized spacial score (nSPS) is 10.5. The van der Waals surface area contributed by atoms with Crippen molar-refractivity contribution in [1.82, 2.24) is 10.2 Å². The minimum Gasteiger partial charge on any atom is -0.358 e. The van der Waals surface area contributed by atoms with E-state index in [-0.39, 0.29) is 24.8 Å². The molecule has 0 aliphatic heterocycles. The molecule has 0 heterocycles. The van der Waals surface area contributed by atoms with Gasteiger partial charge in [0.05, 0.1) is 18.1 Å². The van der Waals surface area contributed by atoms with Gasteiger partial charge in [-0.05, 0) is 25.2 Å². The Morgan fingerprint density at radius 2 is 1.94 bits per heavy atom. The minimum atomic E-state index is -0.150. The number of amides is 1. The van der Waals surface area contributed by atoms with Crippen molar-refractivity contribution in [2.45, 2.75) is 0 Å². The fourth-order valence-electron chi connectivity index (χ4n) is 1.43. The number of Topliss-reactive ketones (excluding diaryl/α,β-unsaturated/α-hetero) is 1. The zero-order valence-electron chi connectivity index (χ0n) is 10.2. The Kier molecular flexibility index (Phi) is 5.59. The zero-order valence-corrected chi connectivity index (χ0v) is 11.7. The van der Waals surface area contributed by atoms with Gasteiger partial charge in [-0.15, -0.1) is 0 Å². The Bertz CT molecular complexity index is 463. The molecule has 1 aromatic rings. The number of likely N-dealkylation sites (N-methyl/N-ethyl adjacent to an activating group) is 2. The molecule has 0 saturated carbocycles. The van der Waals surface area contributed by atoms with Gasteiger partial charge in [-0.2, -0.15) is 0 Å². The van der Waals surface area contributed by atoms with Crippen molar-refractivity contribution >= 4 is 34.9 Å². The third kappa shape index (κ3) is 4.29. The highest BCUT2D eigenvalue weighted by atomic mass is 35.5. The maximum atomic E-state index is 12.0. The summed E-state index contributed by atoms with van der Waals surface area (Å²) in [7, 11) is 3.24. The van der Waals surface area contributed by atoms with Gasteiger partial charge in [-0.3, -0.25) is 14.5 Å². The summed E-state index contributed by atoms with van der Waals surface area (Å²) in [5.41, 5.74) is 0.407. The molecule has 0 radical (unpaired) electrons. The van der Waals surface area contributed by atoms with Gasteiger partial charge in [-0.25, -0.2) is 0 Å². The molecule has 0 spiro atoms. The van der Waals surface area contributed by atoms with E-state index in [2.05, 4.69) is 5.32 Å². The average molecular weight is 289 g/mol. The van der Waals surface area contributed by atoms with Crippen molar-refractivity contribution in [2.75, 3.05) is 27.2 Å². The summed E-state index contributed by atoms with van der Waals surface area (Å²) in [6.45, 7) is 0.280. The van der Waals surface area contributed by atoms with Crippen LogP contribution in [-0.2, 0) is 4.79 Å². The Hall–Kier alpha value is -1.10. The summed E-state index contributed by atoms with van der Waals surface area (Å²) in [5, 5.41) is 3.29. The standard InChI is InChI=1S/C12H14Cl2N2O2/c1-15-12(18)7-16(2)6-11(17)9-4-3-8(13)5-10(9)14/h3-5H,6-7H2,1-2H3,(H,15,18). The number of nitrogens with one attached hydrogen (secondary N) is 1. The van der Waals surface area contributed by atoms with Crippen molar-refractivity contribution in [3.05, 3.63) is 33.8 Å². The lowest BCUT2D eigenvalue weighted by molar-refractivity contribution is -0.121. The maximum Gasteiger partial charge on any atom is 0.233 e. The SMILES string of the molecule is CNC(=O)CN(C)CC(=O)c1ccc(Cl)cc1Cl. The molecule has 4 nitrogen and oxygen atoms in total. The molecule has 1 rings (SSSR count). The van der Waals surface area contributed by atoms with Crippen LogP contribution in [0.2, 0.25) is 10.0 Å². The van der Waals surface area contributed by atoms with E-state index >= 15 is 0 Å². The van der Waals surface area contributed by atoms with Crippen LogP contribution in [0.3, 0.4) is 0 Å². The highest BCUT2D eigenvalue weighted by molar-refractivity contribution is 6.36. The number of benzene rings is 1. The van der Waals surface area contributed by atoms with Crippen molar-refractivity contribution in [2.24, 2.45) is 0 Å². The fourth-order valence-corrected chi connectivity index (χ4v) is 1.94. The van der Waals surface area contributed by atoms with Gasteiger partial charge in [0.1, 0.15) is 0 Å². The Morgan fingerprint density at radius 3 is 2.50 bits per heavy atom. The molecule has 1 N–H and O–H groups in total. The predicted octanol–water partition coefficient (Wildman–Crippen LogP) is 1.85. The van der Waals surface area contributed by atoms with Gasteiger partial charge in [0, 0.05) is 17.6 Å². The third-order valence-corrected chi connectivity index (χ3v) is 2.89. The number of nitrogens with zero attached hydrogens (tertiary/aromatic N) is 1. The number of ketones is 1. The summed E-state index contributed by atoms with van der Waals surface area (Å²) in [6.07, 6.45) is 0. The van der Waals surface area contributed by atoms with Crippen LogP contribution < -0.4 is 5.32 Å². The van der Waals surface area contributed by atoms with Gasteiger partial charge in [0.25, 0.3) is 0 Å². The van der Waals surface area contributed by atoms with E-state index in [1.165, 1.54) is 6.07 Å². The van der Waals surface area contributed by atoms with E-state index in [4.69, 9.17) is 23.2 Å². The van der Waals surface area contributed by atoms with E-state index in [9.17, 15) is 9.59 Å². The number of hydrogen-bond acceptors (Lipinski definition) is 3. The largest absolute Gasteiger partial charge is 0.358 e. The van der Waals surface area contributed by atoms with Gasteiger partial charge < -0.3 is 5.32 Å². The summed E-state index contributed by atoms with van der Waals surface area (Å²) < 4.78 is 0. The predicted molar refractivity (Wildman–Crippen MR) is 72.4 cm³/mol. The summed E-state index contributed by atoms with van der Waals surface area (Å²) in [5.74, 6) is -0.296. The third-order valence-electron chi connectivity index (χ3n) is 2.34. The molecule has 18 heavy (non-hydrogen) atoms. The van der Waals surface area contributed by atoms with Crippen LogP contribution in [0.25, 0.3) is 0 Å². The quantitative estimate of drug-likeness (QED) is 0.842. The number of halogens is 2. The van der Waals surface area contributed by atoms with Crippen molar-refractivity contribution < 1.29 is 9.59 Å². The number of rotatable bonds is 5. The molecule has 0 unspecified atom stereocenters. The summed E-state index contributed by atoms with van der Waals surface area (Å²) in [4.78, 5) is 24.7. The monoisotopic (exact) mass is 288 g/mol. The van der Waals surface area contributed by atoms with Crippen molar-refractivity contribution in [1.29, 1.82) is 0 Å². The van der Waals surface area contributed by atoms with Crippen LogP contribution >= 0.6 is 23.2 Å². The Balaban J connectivity index is 2.67. The van der Waals surface area contributed by atoms with Crippen LogP contribution in [0.4, 0.5) is 0 Å². The number of carbonyl (C=O) groups is 2. The first-order valence-electron chi connectivity index (χ1n) is 5.31. The van der Waals surface area contributed by atoms with Crippen molar-refractivity contribution in [3.8, 4) is 0 Å². The molecule has 0 atom stereocenters. The molecule has 0 aliphatic rings. The minimum absolute atomic E-state index is 0.120. The van der Waals surface area contributed by atoms with Gasteiger partial charge in [-0.1, -0.05) is 23.2 Å². The molecule has 1 amide bonds. The lowest BCUT2D eigenvalue weighted by Crippen LogP contribution is -2.36. The Morgan fingerprint density at radius 1 is 1.28 bits per heavy atom. The van der Waals surface area contributed by atoms with Gasteiger partial charge >= 0.3 is 0 Å². The molecule has 0 aliphatic carbocycles. The smallest absolute Gasteiger partial charge is 0.233 e. The van der Waals surface area contributed by atoms with Crippen molar-refractivity contribution in [3.63, 3.8) is 0 Å². The second kappa shape index (κ2) is 6.73. The molecule has 6 heteroatoms. The highest BCUT2D eigenvalue weighted by Crippen LogP contribution is 2.21. The van der Waals surface area contributed by atoms with E-state index < -0.39 is 0 Å². The summed E-state index contributed by atoms with van der Waals surface area (Å²) in [6, 6.07) is 4.72. The molecule has 0 aromatic heterocycles. The first-order chi connectivity index (χ1) is 8.43. The van der Waals surface area contributed by atoms with Crippen LogP contribution in [-0.4, -0.2) is 43.8 Å². The fraction of sp³-hybridized carbons (Fsp3) is 0.333. The van der Waals surface area contributed by atoms with Gasteiger partial charge in [0.15, 0.2) is 5.78 Å². The first kappa shape index (κ1) is 15.0. The van der Waals surface area contributed by atoms with E-state index in [1.807, 2.05) is 0 Å². The highest BCUT2D eigenvalue weighted by Gasteiger charge is 2.14. The number of hydrogen-bond donors (Lipinski definition) is 1. The first-order valence-corrected chi connectivity index (χ1v) is 6.07. The van der Waals surface area contributed by atoms with E-state index in [0.29, 0.717) is 15.6 Å². The van der Waals surface area contributed by atoms with E-state index in [1.54, 1.807) is 31.1 Å². The van der Waals surface area contributed by atoms with Crippen LogP contribution in [0.15, 0.2) is 18.2 Å². The lowest BCUT2D eigenvalue weighted by Gasteiger charge is -2.14. The van der Waals surface area contributed by atoms with Gasteiger partial charge in [0.2, 0.25) is 5.91 Å². The molecule has 0 fully saturated rings. The average Bonchev–Trinajstić information content (AvgIpc) is 2.28. The second-order valence-electron chi connectivity index (χ2n) is 3.89. The molecule has 98 valence electrons. The molecular weight excluding hydrogens is 275 g/mol. The van der Waals surface area contributed by atoms with Crippen LogP contribution in [0.1, 0.15) is 10.4 Å². The molecular formula is C12H14Cl2N2O2. The second-order valence-corrected chi connectivity index (χ2v) is 4.74. The number of carbonyl (C=O) groups excluding carboxylic acids is 2. The topological polar surface area (TPSA) is 49.4 Å². The van der Waals surface area contributed by atoms with E-state index in [0.717, 1.165) is 0 Å². The lowest BCUT2D eigenvalue weighted by atomic mass is 10.1. The van der Waals surface area contributed by atoms with Crippen LogP contribution in [0.5, 0.6) is 0 Å². The zero-order chi connectivity index (χ0) is 13.7. The Labute approximate surface area is 116 Å². The summed E-state index contributed by atoms with van der Waals surface area (Å²) >= 11 is 11.7. The molecule has 1 aromatic carbocycles. The molecule has 0 bridgehead atoms.